The number of rotatable bonds is 5. The van der Waals surface area contributed by atoms with Crippen molar-refractivity contribution >= 4 is 17.7 Å². The number of benzene rings is 2. The van der Waals surface area contributed by atoms with Crippen molar-refractivity contribution in [3.8, 4) is 11.1 Å². The second kappa shape index (κ2) is 6.53. The molecule has 0 aliphatic heterocycles. The maximum Gasteiger partial charge on any atom is 0.252 e. The summed E-state index contributed by atoms with van der Waals surface area (Å²) in [7, 11) is 0. The topological polar surface area (TPSA) is 115 Å². The molecule has 2 aromatic carbocycles. The Hall–Kier alpha value is -3.15. The highest BCUT2D eigenvalue weighted by molar-refractivity contribution is 6.08. The van der Waals surface area contributed by atoms with E-state index in [9.17, 15) is 14.4 Å². The highest BCUT2D eigenvalue weighted by atomic mass is 16.2. The third-order valence-electron chi connectivity index (χ3n) is 3.10. The number of carbonyl (C=O) groups is 3. The van der Waals surface area contributed by atoms with Crippen molar-refractivity contribution in [1.82, 2.24) is 5.32 Å². The lowest BCUT2D eigenvalue weighted by atomic mass is 10.0. The zero-order valence-electron chi connectivity index (χ0n) is 11.7. The standard InChI is InChI=1S/C16H15N3O3/c17-14(20)13(15(18)21)19-16(22)12-8-6-11(7-9-12)10-4-2-1-3-5-10/h1-9,13H,(H2,17,20)(H2,18,21)(H,19,22). The molecule has 6 heteroatoms. The molecule has 0 spiro atoms. The fourth-order valence-electron chi connectivity index (χ4n) is 1.94. The molecule has 0 atom stereocenters. The summed E-state index contributed by atoms with van der Waals surface area (Å²) in [6.45, 7) is 0. The molecule has 0 unspecified atom stereocenters. The van der Waals surface area contributed by atoms with Gasteiger partial charge in [0.1, 0.15) is 0 Å². The number of carbonyl (C=O) groups excluding carboxylic acids is 3. The van der Waals surface area contributed by atoms with Crippen molar-refractivity contribution in [2.75, 3.05) is 0 Å². The fraction of sp³-hybridized carbons (Fsp3) is 0.0625. The Morgan fingerprint density at radius 3 is 1.77 bits per heavy atom. The molecule has 6 nitrogen and oxygen atoms in total. The average molecular weight is 297 g/mol. The van der Waals surface area contributed by atoms with Gasteiger partial charge in [-0.25, -0.2) is 0 Å². The Morgan fingerprint density at radius 2 is 1.27 bits per heavy atom. The summed E-state index contributed by atoms with van der Waals surface area (Å²) < 4.78 is 0. The average Bonchev–Trinajstić information content (AvgIpc) is 2.52. The van der Waals surface area contributed by atoms with Gasteiger partial charge in [0, 0.05) is 5.56 Å². The maximum absolute atomic E-state index is 12.0. The molecular formula is C16H15N3O3. The van der Waals surface area contributed by atoms with E-state index in [0.29, 0.717) is 5.56 Å². The molecule has 0 aliphatic carbocycles. The molecule has 0 aromatic heterocycles. The molecular weight excluding hydrogens is 282 g/mol. The minimum atomic E-state index is -1.53. The molecule has 0 fully saturated rings. The van der Waals surface area contributed by atoms with E-state index in [4.69, 9.17) is 11.5 Å². The maximum atomic E-state index is 12.0. The first kappa shape index (κ1) is 15.2. The molecule has 2 rings (SSSR count). The van der Waals surface area contributed by atoms with E-state index in [-0.39, 0.29) is 0 Å². The third-order valence-corrected chi connectivity index (χ3v) is 3.10. The van der Waals surface area contributed by atoms with Crippen LogP contribution in [0.3, 0.4) is 0 Å². The van der Waals surface area contributed by atoms with E-state index in [1.807, 2.05) is 30.3 Å². The Bertz CT molecular complexity index is 682. The summed E-state index contributed by atoms with van der Waals surface area (Å²) in [4.78, 5) is 34.1. The number of amides is 3. The van der Waals surface area contributed by atoms with Crippen LogP contribution in [0.5, 0.6) is 0 Å². The molecule has 5 N–H and O–H groups in total. The van der Waals surface area contributed by atoms with Gasteiger partial charge in [-0.15, -0.1) is 0 Å². The molecule has 0 saturated carbocycles. The second-order valence-corrected chi connectivity index (χ2v) is 4.65. The van der Waals surface area contributed by atoms with Gasteiger partial charge in [0.15, 0.2) is 6.04 Å². The van der Waals surface area contributed by atoms with Gasteiger partial charge >= 0.3 is 0 Å². The summed E-state index contributed by atoms with van der Waals surface area (Å²) in [5.74, 6) is -2.59. The van der Waals surface area contributed by atoms with Gasteiger partial charge in [0.25, 0.3) is 5.91 Å². The van der Waals surface area contributed by atoms with Crippen LogP contribution < -0.4 is 16.8 Å². The normalized spacial score (nSPS) is 10.2. The van der Waals surface area contributed by atoms with Crippen LogP contribution in [0.1, 0.15) is 10.4 Å². The first-order valence-electron chi connectivity index (χ1n) is 6.54. The molecule has 0 heterocycles. The van der Waals surface area contributed by atoms with Gasteiger partial charge < -0.3 is 16.8 Å². The monoisotopic (exact) mass is 297 g/mol. The van der Waals surface area contributed by atoms with Crippen molar-refractivity contribution in [3.63, 3.8) is 0 Å². The molecule has 112 valence electrons. The Morgan fingerprint density at radius 1 is 0.773 bits per heavy atom. The smallest absolute Gasteiger partial charge is 0.252 e. The minimum absolute atomic E-state index is 0.298. The van der Waals surface area contributed by atoms with Crippen LogP contribution in [0.15, 0.2) is 54.6 Å². The molecule has 22 heavy (non-hydrogen) atoms. The molecule has 0 bridgehead atoms. The van der Waals surface area contributed by atoms with Crippen molar-refractivity contribution in [3.05, 3.63) is 60.2 Å². The Kier molecular flexibility index (Phi) is 4.53. The SMILES string of the molecule is NC(=O)C(NC(=O)c1ccc(-c2ccccc2)cc1)C(N)=O. The molecule has 3 amide bonds. The van der Waals surface area contributed by atoms with Crippen LogP contribution in [0.25, 0.3) is 11.1 Å². The van der Waals surface area contributed by atoms with E-state index in [1.165, 1.54) is 0 Å². The van der Waals surface area contributed by atoms with E-state index < -0.39 is 23.8 Å². The van der Waals surface area contributed by atoms with Gasteiger partial charge in [-0.05, 0) is 23.3 Å². The molecule has 2 aromatic rings. The van der Waals surface area contributed by atoms with Crippen LogP contribution in [-0.4, -0.2) is 23.8 Å². The largest absolute Gasteiger partial charge is 0.367 e. The van der Waals surface area contributed by atoms with E-state index in [2.05, 4.69) is 5.32 Å². The number of hydrogen-bond acceptors (Lipinski definition) is 3. The quantitative estimate of drug-likeness (QED) is 0.695. The van der Waals surface area contributed by atoms with Crippen LogP contribution >= 0.6 is 0 Å². The fourth-order valence-corrected chi connectivity index (χ4v) is 1.94. The first-order chi connectivity index (χ1) is 10.5. The van der Waals surface area contributed by atoms with Crippen LogP contribution in [0.2, 0.25) is 0 Å². The lowest BCUT2D eigenvalue weighted by molar-refractivity contribution is -0.128. The Labute approximate surface area is 127 Å². The zero-order valence-corrected chi connectivity index (χ0v) is 11.7. The molecule has 0 saturated heterocycles. The number of hydrogen-bond donors (Lipinski definition) is 3. The summed E-state index contributed by atoms with van der Waals surface area (Å²) in [5, 5.41) is 2.20. The number of nitrogens with one attached hydrogen (secondary N) is 1. The van der Waals surface area contributed by atoms with Crippen molar-refractivity contribution < 1.29 is 14.4 Å². The van der Waals surface area contributed by atoms with Crippen LogP contribution in [0.4, 0.5) is 0 Å². The van der Waals surface area contributed by atoms with Gasteiger partial charge in [-0.2, -0.15) is 0 Å². The summed E-state index contributed by atoms with van der Waals surface area (Å²) >= 11 is 0. The van der Waals surface area contributed by atoms with Gasteiger partial charge in [-0.1, -0.05) is 42.5 Å². The van der Waals surface area contributed by atoms with Crippen LogP contribution in [-0.2, 0) is 9.59 Å². The lowest BCUT2D eigenvalue weighted by Crippen LogP contribution is -2.52. The minimum Gasteiger partial charge on any atom is -0.367 e. The van der Waals surface area contributed by atoms with E-state index in [1.54, 1.807) is 24.3 Å². The van der Waals surface area contributed by atoms with Gasteiger partial charge in [0.05, 0.1) is 0 Å². The van der Waals surface area contributed by atoms with Gasteiger partial charge in [-0.3, -0.25) is 14.4 Å². The first-order valence-corrected chi connectivity index (χ1v) is 6.54. The third kappa shape index (κ3) is 3.49. The summed E-state index contributed by atoms with van der Waals surface area (Å²) in [6, 6.07) is 14.9. The van der Waals surface area contributed by atoms with E-state index in [0.717, 1.165) is 11.1 Å². The summed E-state index contributed by atoms with van der Waals surface area (Å²) in [6.07, 6.45) is 0. The van der Waals surface area contributed by atoms with Crippen LogP contribution in [0, 0.1) is 0 Å². The summed E-state index contributed by atoms with van der Waals surface area (Å²) in [5.41, 5.74) is 12.3. The van der Waals surface area contributed by atoms with Crippen molar-refractivity contribution in [1.29, 1.82) is 0 Å². The molecule has 0 aliphatic rings. The number of primary amides is 2. The lowest BCUT2D eigenvalue weighted by Gasteiger charge is -2.12. The van der Waals surface area contributed by atoms with Gasteiger partial charge in [0.2, 0.25) is 11.8 Å². The highest BCUT2D eigenvalue weighted by Crippen LogP contribution is 2.19. The highest BCUT2D eigenvalue weighted by Gasteiger charge is 2.24. The molecule has 0 radical (unpaired) electrons. The Balaban J connectivity index is 2.15. The van der Waals surface area contributed by atoms with E-state index >= 15 is 0 Å². The van der Waals surface area contributed by atoms with Crippen molar-refractivity contribution in [2.45, 2.75) is 6.04 Å². The van der Waals surface area contributed by atoms with Crippen molar-refractivity contribution in [2.24, 2.45) is 11.5 Å². The predicted octanol–water partition coefficient (Wildman–Crippen LogP) is 0.423. The zero-order chi connectivity index (χ0) is 16.1. The number of nitrogens with two attached hydrogens (primary N) is 2. The second-order valence-electron chi connectivity index (χ2n) is 4.65. The predicted molar refractivity (Wildman–Crippen MR) is 81.5 cm³/mol.